The van der Waals surface area contributed by atoms with Crippen LogP contribution in [0.1, 0.15) is 25.1 Å². The summed E-state index contributed by atoms with van der Waals surface area (Å²) in [5.74, 6) is -0.904. The number of hydrogen-bond donors (Lipinski definition) is 3. The van der Waals surface area contributed by atoms with E-state index in [2.05, 4.69) is 20.9 Å². The summed E-state index contributed by atoms with van der Waals surface area (Å²) in [6.07, 6.45) is -0.440. The summed E-state index contributed by atoms with van der Waals surface area (Å²) in [5.41, 5.74) is 4.33. The zero-order valence-corrected chi connectivity index (χ0v) is 20.4. The molecule has 3 rings (SSSR count). The molecule has 1 aliphatic rings. The van der Waals surface area contributed by atoms with Crippen molar-refractivity contribution >= 4 is 35.8 Å². The lowest BCUT2D eigenvalue weighted by molar-refractivity contribution is -0.137. The first-order valence-electron chi connectivity index (χ1n) is 10.1. The molecule has 0 saturated carbocycles. The molecule has 14 heteroatoms. The summed E-state index contributed by atoms with van der Waals surface area (Å²) in [7, 11) is -4.51. The van der Waals surface area contributed by atoms with Gasteiger partial charge in [-0.1, -0.05) is 34.1 Å². The van der Waals surface area contributed by atoms with Gasteiger partial charge in [0.2, 0.25) is 0 Å². The van der Waals surface area contributed by atoms with Gasteiger partial charge >= 0.3 is 19.5 Å². The van der Waals surface area contributed by atoms with Crippen LogP contribution in [0.4, 0.5) is 0 Å². The number of carbonyl (C=O) groups excluding carboxylic acids is 1. The van der Waals surface area contributed by atoms with Gasteiger partial charge in [0.25, 0.3) is 5.56 Å². The molecular weight excluding hydrogens is 537 g/mol. The summed E-state index contributed by atoms with van der Waals surface area (Å²) < 4.78 is 35.4. The normalized spacial score (nSPS) is 22.9. The van der Waals surface area contributed by atoms with Crippen molar-refractivity contribution in [3.63, 3.8) is 0 Å². The summed E-state index contributed by atoms with van der Waals surface area (Å²) in [5, 5.41) is 10.4. The molecule has 12 nitrogen and oxygen atoms in total. The van der Waals surface area contributed by atoms with Crippen LogP contribution in [-0.2, 0) is 23.1 Å². The third kappa shape index (κ3) is 6.53. The number of nitrogens with one attached hydrogen (secondary N) is 1. The zero-order valence-electron chi connectivity index (χ0n) is 17.9. The predicted molar refractivity (Wildman–Crippen MR) is 124 cm³/mol. The lowest BCUT2D eigenvalue weighted by atomic mass is 10.2. The molecule has 1 aliphatic heterocycles. The molecule has 1 fully saturated rings. The number of para-hydroxylation sites is 1. The highest BCUT2D eigenvalue weighted by Gasteiger charge is 2.40. The van der Waals surface area contributed by atoms with Gasteiger partial charge in [-0.2, -0.15) is 0 Å². The van der Waals surface area contributed by atoms with Gasteiger partial charge in [0.1, 0.15) is 24.1 Å². The molecule has 0 bridgehead atoms. The van der Waals surface area contributed by atoms with Gasteiger partial charge in [-0.3, -0.25) is 18.9 Å². The number of ether oxygens (including phenoxy) is 1. The summed E-state index contributed by atoms with van der Waals surface area (Å²) in [6, 6.07) is 6.80. The minimum absolute atomic E-state index is 0.0269. The average molecular weight is 560 g/mol. The van der Waals surface area contributed by atoms with Crippen LogP contribution in [-0.4, -0.2) is 45.5 Å². The smallest absolute Gasteiger partial charge is 0.395 e. The quantitative estimate of drug-likeness (QED) is 0.383. The molecule has 0 aliphatic carbocycles. The highest BCUT2D eigenvalue weighted by atomic mass is 79.9. The molecule has 2 aromatic rings. The van der Waals surface area contributed by atoms with Crippen LogP contribution in [0.5, 0.6) is 5.75 Å². The number of aliphatic hydroxyl groups is 1. The fourth-order valence-corrected chi connectivity index (χ4v) is 4.50. The number of nitrogens with zero attached hydrogens (tertiary/aromatic N) is 1. The van der Waals surface area contributed by atoms with Crippen molar-refractivity contribution < 1.29 is 32.8 Å². The number of aromatic amines is 1. The van der Waals surface area contributed by atoms with Gasteiger partial charge in [-0.05, 0) is 30.1 Å². The lowest BCUT2D eigenvalue weighted by Gasteiger charge is -2.21. The number of phosphoric acid groups is 1. The van der Waals surface area contributed by atoms with Crippen LogP contribution >= 0.6 is 23.8 Å². The molecule has 1 aromatic carbocycles. The molecule has 34 heavy (non-hydrogen) atoms. The number of rotatable bonds is 9. The molecule has 2 heterocycles. The van der Waals surface area contributed by atoms with E-state index < -0.39 is 56.1 Å². The van der Waals surface area contributed by atoms with Gasteiger partial charge in [-0.25, -0.2) is 14.2 Å². The Balaban J connectivity index is 1.75. The number of phosphoric ester groups is 1. The van der Waals surface area contributed by atoms with E-state index in [0.29, 0.717) is 0 Å². The van der Waals surface area contributed by atoms with E-state index >= 15 is 0 Å². The Labute approximate surface area is 202 Å². The summed E-state index contributed by atoms with van der Waals surface area (Å²) >= 11 is 3.06. The second-order valence-corrected chi connectivity index (χ2v) is 9.37. The van der Waals surface area contributed by atoms with E-state index in [9.17, 15) is 24.1 Å². The maximum absolute atomic E-state index is 13.1. The van der Waals surface area contributed by atoms with Crippen LogP contribution in [0, 0.1) is 0 Å². The Morgan fingerprint density at radius 1 is 1.41 bits per heavy atom. The van der Waals surface area contributed by atoms with Crippen LogP contribution in [0.2, 0.25) is 0 Å². The standard InChI is InChI=1S/C20H23BrN3O9P/c1-12(22)19(27)33-34(29,32-14-5-3-2-4-6-14)30-11-16-15(25)9-17(31-16)24-10-13(7-8-21)18(26)23-20(24)28/h2-8,10,12,15-17,25H,9,11,22H2,1H3,(H,23,26,28)/b8-7+/t12-,15-,16+,17+,34?/m0/s1. The first-order valence-corrected chi connectivity index (χ1v) is 12.4. The predicted octanol–water partition coefficient (Wildman–Crippen LogP) is 1.64. The molecule has 1 unspecified atom stereocenters. The Morgan fingerprint density at radius 2 is 2.12 bits per heavy atom. The molecule has 1 saturated heterocycles. The molecule has 4 N–H and O–H groups in total. The van der Waals surface area contributed by atoms with Crippen molar-refractivity contribution in [3.05, 3.63) is 67.9 Å². The Bertz CT molecular complexity index is 1200. The van der Waals surface area contributed by atoms with Crippen LogP contribution in [0.15, 0.2) is 51.1 Å². The SMILES string of the molecule is C[C@H](N)C(=O)OP(=O)(OC[C@H]1O[C@@H](n2cc(/C=C/Br)c(=O)[nH]c2=O)C[C@@H]1O)Oc1ccccc1. The first-order chi connectivity index (χ1) is 16.1. The maximum atomic E-state index is 13.1. The number of benzene rings is 1. The molecule has 0 amide bonds. The number of nitrogens with two attached hydrogens (primary N) is 1. The van der Waals surface area contributed by atoms with E-state index in [-0.39, 0.29) is 17.7 Å². The summed E-state index contributed by atoms with van der Waals surface area (Å²) in [4.78, 5) is 39.7. The Hall–Kier alpha value is -2.54. The van der Waals surface area contributed by atoms with Crippen molar-refractivity contribution in [2.24, 2.45) is 5.73 Å². The minimum Gasteiger partial charge on any atom is -0.395 e. The number of H-pyrrole nitrogens is 1. The molecule has 0 spiro atoms. The monoisotopic (exact) mass is 559 g/mol. The van der Waals surface area contributed by atoms with E-state index in [4.69, 9.17) is 24.0 Å². The van der Waals surface area contributed by atoms with E-state index in [1.807, 2.05) is 0 Å². The number of aliphatic hydroxyl groups excluding tert-OH is 1. The minimum atomic E-state index is -4.51. The van der Waals surface area contributed by atoms with Gasteiger partial charge in [0.15, 0.2) is 0 Å². The molecule has 1 aromatic heterocycles. The third-order valence-electron chi connectivity index (χ3n) is 4.68. The van der Waals surface area contributed by atoms with E-state index in [1.54, 1.807) is 18.2 Å². The molecular formula is C20H23BrN3O9P. The van der Waals surface area contributed by atoms with Gasteiger partial charge in [0.05, 0.1) is 18.3 Å². The topological polar surface area (TPSA) is 172 Å². The van der Waals surface area contributed by atoms with E-state index in [1.165, 1.54) is 36.3 Å². The highest BCUT2D eigenvalue weighted by molar-refractivity contribution is 9.11. The molecule has 184 valence electrons. The number of halogens is 1. The fourth-order valence-electron chi connectivity index (χ4n) is 2.98. The first kappa shape index (κ1) is 26.1. The zero-order chi connectivity index (χ0) is 24.9. The second kappa shape index (κ2) is 11.3. The van der Waals surface area contributed by atoms with Crippen molar-refractivity contribution in [2.75, 3.05) is 6.61 Å². The fraction of sp³-hybridized carbons (Fsp3) is 0.350. The second-order valence-electron chi connectivity index (χ2n) is 7.32. The van der Waals surface area contributed by atoms with Crippen LogP contribution in [0.25, 0.3) is 6.08 Å². The van der Waals surface area contributed by atoms with Crippen molar-refractivity contribution in [2.45, 2.75) is 37.8 Å². The van der Waals surface area contributed by atoms with Crippen molar-refractivity contribution in [1.82, 2.24) is 9.55 Å². The highest BCUT2D eigenvalue weighted by Crippen LogP contribution is 2.50. The van der Waals surface area contributed by atoms with Gasteiger partial charge in [-0.15, -0.1) is 0 Å². The Morgan fingerprint density at radius 3 is 2.76 bits per heavy atom. The molecule has 5 atom stereocenters. The third-order valence-corrected chi connectivity index (χ3v) is 6.25. The largest absolute Gasteiger partial charge is 0.589 e. The van der Waals surface area contributed by atoms with Crippen molar-refractivity contribution in [1.29, 1.82) is 0 Å². The average Bonchev–Trinajstić information content (AvgIpc) is 3.15. The summed E-state index contributed by atoms with van der Waals surface area (Å²) in [6.45, 7) is 0.838. The van der Waals surface area contributed by atoms with Crippen LogP contribution in [0.3, 0.4) is 0 Å². The number of aromatic nitrogens is 2. The van der Waals surface area contributed by atoms with Gasteiger partial charge in [0, 0.05) is 12.6 Å². The van der Waals surface area contributed by atoms with E-state index in [0.717, 1.165) is 4.57 Å². The number of carbonyl (C=O) groups is 1. The van der Waals surface area contributed by atoms with Crippen molar-refractivity contribution in [3.8, 4) is 5.75 Å². The van der Waals surface area contributed by atoms with Gasteiger partial charge < -0.3 is 24.6 Å². The van der Waals surface area contributed by atoms with Crippen LogP contribution < -0.4 is 21.5 Å². The molecule has 0 radical (unpaired) electrons. The number of hydrogen-bond acceptors (Lipinski definition) is 10. The maximum Gasteiger partial charge on any atom is 0.589 e. The Kier molecular flexibility index (Phi) is 8.63. The lowest BCUT2D eigenvalue weighted by Crippen LogP contribution is -2.33.